The van der Waals surface area contributed by atoms with Crippen molar-refractivity contribution in [3.8, 4) is 5.75 Å². The third-order valence-electron chi connectivity index (χ3n) is 4.99. The lowest BCUT2D eigenvalue weighted by Gasteiger charge is -2.20. The van der Waals surface area contributed by atoms with Crippen LogP contribution in [0.1, 0.15) is 29.2 Å². The molecule has 0 radical (unpaired) electrons. The van der Waals surface area contributed by atoms with Gasteiger partial charge in [-0.05, 0) is 47.4 Å². The molecule has 1 unspecified atom stereocenters. The van der Waals surface area contributed by atoms with E-state index >= 15 is 0 Å². The standard InChI is InChI=1S/C24H23N3O2/c1-29-20-9-5-6-17(14-20)10-13-23(28)27-24(18-7-3-2-4-8-18)19-11-12-21-22(15-19)26-16-25-21/h2-9,11-12,14-16,24H,10,13H2,1H3,(H,25,26)(H,27,28). The number of ether oxygens (including phenoxy) is 1. The van der Waals surface area contributed by atoms with E-state index in [9.17, 15) is 4.79 Å². The second-order valence-electron chi connectivity index (χ2n) is 6.94. The Hall–Kier alpha value is -3.60. The van der Waals surface area contributed by atoms with E-state index in [1.807, 2.05) is 72.8 Å². The first kappa shape index (κ1) is 18.7. The minimum Gasteiger partial charge on any atom is -0.497 e. The molecule has 0 aliphatic heterocycles. The number of aromatic nitrogens is 2. The Kier molecular flexibility index (Phi) is 5.56. The van der Waals surface area contributed by atoms with E-state index in [0.29, 0.717) is 12.8 Å². The summed E-state index contributed by atoms with van der Waals surface area (Å²) in [6, 6.07) is 23.6. The Labute approximate surface area is 169 Å². The number of hydrogen-bond acceptors (Lipinski definition) is 3. The number of carbonyl (C=O) groups excluding carboxylic acids is 1. The number of aryl methyl sites for hydroxylation is 1. The van der Waals surface area contributed by atoms with E-state index in [-0.39, 0.29) is 11.9 Å². The highest BCUT2D eigenvalue weighted by atomic mass is 16.5. The topological polar surface area (TPSA) is 67.0 Å². The van der Waals surface area contributed by atoms with E-state index in [2.05, 4.69) is 15.3 Å². The highest BCUT2D eigenvalue weighted by molar-refractivity contribution is 5.79. The number of amides is 1. The number of hydrogen-bond donors (Lipinski definition) is 2. The van der Waals surface area contributed by atoms with Crippen molar-refractivity contribution in [2.45, 2.75) is 18.9 Å². The summed E-state index contributed by atoms with van der Waals surface area (Å²) in [5.41, 5.74) is 5.00. The SMILES string of the molecule is COc1cccc(CCC(=O)NC(c2ccccc2)c2ccc3nc[nH]c3c2)c1. The van der Waals surface area contributed by atoms with Crippen molar-refractivity contribution in [3.63, 3.8) is 0 Å². The quantitative estimate of drug-likeness (QED) is 0.495. The second-order valence-corrected chi connectivity index (χ2v) is 6.94. The minimum absolute atomic E-state index is 0.00591. The molecule has 0 fully saturated rings. The van der Waals surface area contributed by atoms with Gasteiger partial charge in [0.25, 0.3) is 0 Å². The van der Waals surface area contributed by atoms with Crippen molar-refractivity contribution < 1.29 is 9.53 Å². The molecule has 4 aromatic rings. The van der Waals surface area contributed by atoms with Crippen LogP contribution in [-0.4, -0.2) is 23.0 Å². The molecular weight excluding hydrogens is 362 g/mol. The number of methoxy groups -OCH3 is 1. The molecule has 0 spiro atoms. The lowest BCUT2D eigenvalue weighted by Crippen LogP contribution is -2.29. The second kappa shape index (κ2) is 8.61. The third kappa shape index (κ3) is 4.46. The molecule has 0 saturated heterocycles. The maximum atomic E-state index is 12.8. The van der Waals surface area contributed by atoms with E-state index in [0.717, 1.165) is 33.5 Å². The van der Waals surface area contributed by atoms with Gasteiger partial charge in [-0.2, -0.15) is 0 Å². The number of nitrogens with zero attached hydrogens (tertiary/aromatic N) is 1. The van der Waals surface area contributed by atoms with Crippen molar-refractivity contribution in [1.82, 2.24) is 15.3 Å². The third-order valence-corrected chi connectivity index (χ3v) is 4.99. The number of imidazole rings is 1. The first-order valence-electron chi connectivity index (χ1n) is 9.63. The summed E-state index contributed by atoms with van der Waals surface area (Å²) in [5.74, 6) is 0.810. The number of rotatable bonds is 7. The van der Waals surface area contributed by atoms with Crippen molar-refractivity contribution >= 4 is 16.9 Å². The molecule has 146 valence electrons. The zero-order chi connectivity index (χ0) is 20.1. The Balaban J connectivity index is 1.52. The maximum absolute atomic E-state index is 12.8. The predicted octanol–water partition coefficient (Wildman–Crippen LogP) is 4.41. The minimum atomic E-state index is -0.221. The van der Waals surface area contributed by atoms with Crippen molar-refractivity contribution in [2.75, 3.05) is 7.11 Å². The van der Waals surface area contributed by atoms with Crippen LogP contribution in [-0.2, 0) is 11.2 Å². The Morgan fingerprint density at radius 3 is 2.72 bits per heavy atom. The van der Waals surface area contributed by atoms with Crippen LogP contribution in [0.25, 0.3) is 11.0 Å². The largest absolute Gasteiger partial charge is 0.497 e. The molecule has 5 nitrogen and oxygen atoms in total. The summed E-state index contributed by atoms with van der Waals surface area (Å²) in [6.07, 6.45) is 2.74. The lowest BCUT2D eigenvalue weighted by atomic mass is 9.97. The summed E-state index contributed by atoms with van der Waals surface area (Å²) in [7, 11) is 1.65. The molecule has 29 heavy (non-hydrogen) atoms. The first-order valence-corrected chi connectivity index (χ1v) is 9.63. The fourth-order valence-electron chi connectivity index (χ4n) is 3.46. The number of benzene rings is 3. The summed E-state index contributed by atoms with van der Waals surface area (Å²) in [4.78, 5) is 20.2. The number of carbonyl (C=O) groups is 1. The van der Waals surface area contributed by atoms with Crippen LogP contribution in [0.2, 0.25) is 0 Å². The summed E-state index contributed by atoms with van der Waals surface area (Å²) < 4.78 is 5.26. The van der Waals surface area contributed by atoms with Gasteiger partial charge in [-0.1, -0.05) is 48.5 Å². The van der Waals surface area contributed by atoms with Gasteiger partial charge in [-0.3, -0.25) is 4.79 Å². The van der Waals surface area contributed by atoms with E-state index in [1.165, 1.54) is 0 Å². The normalized spacial score (nSPS) is 11.9. The molecule has 0 bridgehead atoms. The molecule has 2 N–H and O–H groups in total. The Morgan fingerprint density at radius 1 is 1.03 bits per heavy atom. The van der Waals surface area contributed by atoms with Gasteiger partial charge in [-0.15, -0.1) is 0 Å². The molecule has 0 aliphatic carbocycles. The van der Waals surface area contributed by atoms with Gasteiger partial charge in [0.2, 0.25) is 5.91 Å². The summed E-state index contributed by atoms with van der Waals surface area (Å²) >= 11 is 0. The summed E-state index contributed by atoms with van der Waals surface area (Å²) in [5, 5.41) is 3.20. The van der Waals surface area contributed by atoms with Crippen molar-refractivity contribution in [2.24, 2.45) is 0 Å². The van der Waals surface area contributed by atoms with E-state index in [4.69, 9.17) is 4.74 Å². The number of nitrogens with one attached hydrogen (secondary N) is 2. The van der Waals surface area contributed by atoms with Gasteiger partial charge in [0.1, 0.15) is 5.75 Å². The molecule has 5 heteroatoms. The fraction of sp³-hybridized carbons (Fsp3) is 0.167. The van der Waals surface area contributed by atoms with Gasteiger partial charge in [-0.25, -0.2) is 4.98 Å². The Bertz CT molecular complexity index is 1110. The Morgan fingerprint density at radius 2 is 1.90 bits per heavy atom. The van der Waals surface area contributed by atoms with Crippen LogP contribution in [0, 0.1) is 0 Å². The highest BCUT2D eigenvalue weighted by Crippen LogP contribution is 2.25. The zero-order valence-electron chi connectivity index (χ0n) is 16.3. The van der Waals surface area contributed by atoms with E-state index < -0.39 is 0 Å². The number of fused-ring (bicyclic) bond motifs is 1. The van der Waals surface area contributed by atoms with Crippen LogP contribution < -0.4 is 10.1 Å². The van der Waals surface area contributed by atoms with Crippen molar-refractivity contribution in [1.29, 1.82) is 0 Å². The number of aromatic amines is 1. The monoisotopic (exact) mass is 385 g/mol. The molecule has 1 amide bonds. The molecule has 1 aromatic heterocycles. The average Bonchev–Trinajstić information content (AvgIpc) is 3.24. The van der Waals surface area contributed by atoms with Crippen LogP contribution in [0.5, 0.6) is 5.75 Å². The van der Waals surface area contributed by atoms with Gasteiger partial charge in [0.15, 0.2) is 0 Å². The van der Waals surface area contributed by atoms with Gasteiger partial charge < -0.3 is 15.0 Å². The molecule has 4 rings (SSSR count). The van der Waals surface area contributed by atoms with Gasteiger partial charge >= 0.3 is 0 Å². The maximum Gasteiger partial charge on any atom is 0.221 e. The van der Waals surface area contributed by atoms with E-state index in [1.54, 1.807) is 13.4 Å². The molecule has 0 saturated carbocycles. The van der Waals surface area contributed by atoms with Gasteiger partial charge in [0, 0.05) is 6.42 Å². The first-order chi connectivity index (χ1) is 14.2. The highest BCUT2D eigenvalue weighted by Gasteiger charge is 2.17. The lowest BCUT2D eigenvalue weighted by molar-refractivity contribution is -0.121. The van der Waals surface area contributed by atoms with Crippen LogP contribution >= 0.6 is 0 Å². The summed E-state index contributed by atoms with van der Waals surface area (Å²) in [6.45, 7) is 0. The molecule has 3 aromatic carbocycles. The van der Waals surface area contributed by atoms with Gasteiger partial charge in [0.05, 0.1) is 30.5 Å². The number of H-pyrrole nitrogens is 1. The van der Waals surface area contributed by atoms with Crippen LogP contribution in [0.4, 0.5) is 0 Å². The van der Waals surface area contributed by atoms with Crippen LogP contribution in [0.3, 0.4) is 0 Å². The molecule has 0 aliphatic rings. The molecular formula is C24H23N3O2. The molecule has 1 atom stereocenters. The zero-order valence-corrected chi connectivity index (χ0v) is 16.3. The fourth-order valence-corrected chi connectivity index (χ4v) is 3.46. The predicted molar refractivity (Wildman–Crippen MR) is 114 cm³/mol. The average molecular weight is 385 g/mol. The smallest absolute Gasteiger partial charge is 0.221 e. The van der Waals surface area contributed by atoms with Crippen LogP contribution in [0.15, 0.2) is 79.1 Å². The van der Waals surface area contributed by atoms with Crippen molar-refractivity contribution in [3.05, 3.63) is 95.8 Å². The molecule has 1 heterocycles.